The molecule has 19 heavy (non-hydrogen) atoms. The zero-order valence-corrected chi connectivity index (χ0v) is 11.4. The predicted molar refractivity (Wildman–Crippen MR) is 70.2 cm³/mol. The molecular weight excluding hydrogens is 268 g/mol. The van der Waals surface area contributed by atoms with Crippen LogP contribution >= 0.6 is 0 Å². The number of nitrogens with zero attached hydrogens (tertiary/aromatic N) is 2. The van der Waals surface area contributed by atoms with Crippen molar-refractivity contribution < 1.29 is 13.3 Å². The van der Waals surface area contributed by atoms with E-state index >= 15 is 0 Å². The second-order valence-electron chi connectivity index (χ2n) is 4.45. The number of non-ortho nitro benzene ring substituents is 1. The number of nitro groups is 1. The molecule has 0 fully saturated rings. The zero-order chi connectivity index (χ0) is 14.2. The van der Waals surface area contributed by atoms with Gasteiger partial charge in [0.25, 0.3) is 5.69 Å². The van der Waals surface area contributed by atoms with Crippen LogP contribution in [0.15, 0.2) is 40.8 Å². The van der Waals surface area contributed by atoms with Crippen LogP contribution in [-0.4, -0.2) is 30.2 Å². The lowest BCUT2D eigenvalue weighted by Crippen LogP contribution is -2.35. The largest absolute Gasteiger partial charge is 0.269 e. The van der Waals surface area contributed by atoms with E-state index in [0.717, 1.165) is 5.57 Å². The summed E-state index contributed by atoms with van der Waals surface area (Å²) in [6, 6.07) is 4.77. The summed E-state index contributed by atoms with van der Waals surface area (Å²) in [5.41, 5.74) is 0.883. The molecule has 0 saturated carbocycles. The average Bonchev–Trinajstić information content (AvgIpc) is 2.70. The number of nitro benzene ring substituents is 1. The van der Waals surface area contributed by atoms with E-state index in [0.29, 0.717) is 6.54 Å². The molecule has 6 nitrogen and oxygen atoms in total. The van der Waals surface area contributed by atoms with Crippen LogP contribution in [0, 0.1) is 10.1 Å². The molecule has 0 saturated heterocycles. The molecular formula is C12H14N2O4S. The lowest BCUT2D eigenvalue weighted by Gasteiger charge is -2.22. The Morgan fingerprint density at radius 1 is 1.32 bits per heavy atom. The molecule has 1 heterocycles. The van der Waals surface area contributed by atoms with E-state index < -0.39 is 14.9 Å². The summed E-state index contributed by atoms with van der Waals surface area (Å²) in [6.07, 6.45) is 1.87. The molecule has 1 aromatic carbocycles. The Bertz CT molecular complexity index is 634. The van der Waals surface area contributed by atoms with Gasteiger partial charge in [-0.2, -0.15) is 4.31 Å². The van der Waals surface area contributed by atoms with Crippen LogP contribution in [-0.2, 0) is 10.0 Å². The minimum atomic E-state index is -3.60. The summed E-state index contributed by atoms with van der Waals surface area (Å²) in [4.78, 5) is 10.1. The van der Waals surface area contributed by atoms with Crippen LogP contribution in [0.2, 0.25) is 0 Å². The highest BCUT2D eigenvalue weighted by Gasteiger charge is 2.32. The minimum Gasteiger partial charge on any atom is -0.258 e. The number of rotatable bonds is 3. The molecule has 1 aliphatic heterocycles. The van der Waals surface area contributed by atoms with E-state index in [1.807, 2.05) is 19.9 Å². The molecule has 0 aromatic heterocycles. The minimum absolute atomic E-state index is 0.0769. The second kappa shape index (κ2) is 4.75. The standard InChI is InChI=1S/C12H14N2O4S/c1-9-7-8-13(10(9)2)19(17,18)12-5-3-11(4-6-12)14(15)16/h3-7,10H,8H2,1-2H3. The van der Waals surface area contributed by atoms with E-state index in [1.54, 1.807) is 0 Å². The van der Waals surface area contributed by atoms with Gasteiger partial charge >= 0.3 is 0 Å². The SMILES string of the molecule is CC1=CCN(S(=O)(=O)c2ccc([N+](=O)[O-])cc2)C1C. The van der Waals surface area contributed by atoms with Gasteiger partial charge in [-0.1, -0.05) is 11.6 Å². The van der Waals surface area contributed by atoms with Gasteiger partial charge in [-0.15, -0.1) is 0 Å². The Labute approximate surface area is 111 Å². The van der Waals surface area contributed by atoms with E-state index in [4.69, 9.17) is 0 Å². The van der Waals surface area contributed by atoms with Crippen molar-refractivity contribution in [3.8, 4) is 0 Å². The van der Waals surface area contributed by atoms with Crippen LogP contribution in [0.4, 0.5) is 5.69 Å². The quantitative estimate of drug-likeness (QED) is 0.482. The van der Waals surface area contributed by atoms with Gasteiger partial charge in [-0.3, -0.25) is 10.1 Å². The first kappa shape index (κ1) is 13.7. The Morgan fingerprint density at radius 3 is 2.32 bits per heavy atom. The number of hydrogen-bond donors (Lipinski definition) is 0. The number of hydrogen-bond acceptors (Lipinski definition) is 4. The normalized spacial score (nSPS) is 20.3. The number of benzene rings is 1. The fraction of sp³-hybridized carbons (Fsp3) is 0.333. The van der Waals surface area contributed by atoms with Gasteiger partial charge in [-0.25, -0.2) is 8.42 Å². The molecule has 0 aliphatic carbocycles. The average molecular weight is 282 g/mol. The van der Waals surface area contributed by atoms with Crippen molar-refractivity contribution in [2.45, 2.75) is 24.8 Å². The highest BCUT2D eigenvalue weighted by atomic mass is 32.2. The number of sulfonamides is 1. The van der Waals surface area contributed by atoms with Crippen molar-refractivity contribution in [3.63, 3.8) is 0 Å². The van der Waals surface area contributed by atoms with Crippen LogP contribution in [0.5, 0.6) is 0 Å². The van der Waals surface area contributed by atoms with Gasteiger partial charge in [0, 0.05) is 24.7 Å². The van der Waals surface area contributed by atoms with E-state index in [-0.39, 0.29) is 16.6 Å². The molecule has 0 bridgehead atoms. The van der Waals surface area contributed by atoms with Gasteiger partial charge in [0.1, 0.15) is 0 Å². The summed E-state index contributed by atoms with van der Waals surface area (Å²) < 4.78 is 26.2. The fourth-order valence-corrected chi connectivity index (χ4v) is 3.58. The fourth-order valence-electron chi connectivity index (χ4n) is 1.97. The third kappa shape index (κ3) is 2.39. The maximum Gasteiger partial charge on any atom is 0.269 e. The topological polar surface area (TPSA) is 80.5 Å². The molecule has 0 N–H and O–H groups in total. The molecule has 102 valence electrons. The molecule has 1 aliphatic rings. The Kier molecular flexibility index (Phi) is 3.42. The molecule has 0 radical (unpaired) electrons. The van der Waals surface area contributed by atoms with Crippen molar-refractivity contribution >= 4 is 15.7 Å². The van der Waals surface area contributed by atoms with E-state index in [2.05, 4.69) is 0 Å². The van der Waals surface area contributed by atoms with Gasteiger partial charge in [0.05, 0.1) is 9.82 Å². The zero-order valence-electron chi connectivity index (χ0n) is 10.6. The molecule has 2 rings (SSSR count). The Hall–Kier alpha value is -1.73. The van der Waals surface area contributed by atoms with Crippen molar-refractivity contribution in [2.75, 3.05) is 6.54 Å². The van der Waals surface area contributed by atoms with Crippen molar-refractivity contribution in [2.24, 2.45) is 0 Å². The van der Waals surface area contributed by atoms with E-state index in [9.17, 15) is 18.5 Å². The summed E-state index contributed by atoms with van der Waals surface area (Å²) >= 11 is 0. The van der Waals surface area contributed by atoms with Crippen molar-refractivity contribution in [1.82, 2.24) is 4.31 Å². The Morgan fingerprint density at radius 2 is 1.89 bits per heavy atom. The molecule has 1 unspecified atom stereocenters. The van der Waals surface area contributed by atoms with E-state index in [1.165, 1.54) is 28.6 Å². The summed E-state index contributed by atoms with van der Waals surface area (Å²) in [7, 11) is -3.60. The van der Waals surface area contributed by atoms with Gasteiger partial charge in [0.2, 0.25) is 10.0 Å². The smallest absolute Gasteiger partial charge is 0.258 e. The third-order valence-corrected chi connectivity index (χ3v) is 5.29. The highest BCUT2D eigenvalue weighted by Crippen LogP contribution is 2.26. The first-order valence-electron chi connectivity index (χ1n) is 5.77. The predicted octanol–water partition coefficient (Wildman–Crippen LogP) is 1.93. The lowest BCUT2D eigenvalue weighted by molar-refractivity contribution is -0.384. The van der Waals surface area contributed by atoms with Gasteiger partial charge < -0.3 is 0 Å². The lowest BCUT2D eigenvalue weighted by atomic mass is 10.2. The monoisotopic (exact) mass is 282 g/mol. The van der Waals surface area contributed by atoms with Gasteiger partial charge in [-0.05, 0) is 26.0 Å². The maximum absolute atomic E-state index is 12.4. The summed E-state index contributed by atoms with van der Waals surface area (Å²) in [6.45, 7) is 4.05. The molecule has 1 aromatic rings. The first-order chi connectivity index (χ1) is 8.84. The van der Waals surface area contributed by atoms with Crippen molar-refractivity contribution in [1.29, 1.82) is 0 Å². The molecule has 0 spiro atoms. The van der Waals surface area contributed by atoms with Crippen LogP contribution in [0.25, 0.3) is 0 Å². The summed E-state index contributed by atoms with van der Waals surface area (Å²) in [5, 5.41) is 10.6. The van der Waals surface area contributed by atoms with Gasteiger partial charge in [0.15, 0.2) is 0 Å². The van der Waals surface area contributed by atoms with Crippen molar-refractivity contribution in [3.05, 3.63) is 46.0 Å². The van der Waals surface area contributed by atoms with Crippen LogP contribution in [0.1, 0.15) is 13.8 Å². The third-order valence-electron chi connectivity index (χ3n) is 3.34. The maximum atomic E-state index is 12.4. The molecule has 7 heteroatoms. The second-order valence-corrected chi connectivity index (χ2v) is 6.34. The first-order valence-corrected chi connectivity index (χ1v) is 7.21. The summed E-state index contributed by atoms with van der Waals surface area (Å²) in [5.74, 6) is 0. The van der Waals surface area contributed by atoms with Crippen LogP contribution < -0.4 is 0 Å². The highest BCUT2D eigenvalue weighted by molar-refractivity contribution is 7.89. The molecule has 1 atom stereocenters. The molecule has 0 amide bonds. The Balaban J connectivity index is 2.33. The van der Waals surface area contributed by atoms with Crippen LogP contribution in [0.3, 0.4) is 0 Å².